The molecule has 170 valence electrons. The van der Waals surface area contributed by atoms with Gasteiger partial charge >= 0.3 is 0 Å². The molecular weight excluding hydrogens is 408 g/mol. The Morgan fingerprint density at radius 1 is 1.16 bits per heavy atom. The van der Waals surface area contributed by atoms with Gasteiger partial charge in [-0.1, -0.05) is 24.3 Å². The Labute approximate surface area is 188 Å². The van der Waals surface area contributed by atoms with E-state index in [1.54, 1.807) is 12.1 Å². The first-order valence-corrected chi connectivity index (χ1v) is 11.2. The Morgan fingerprint density at radius 3 is 2.69 bits per heavy atom. The van der Waals surface area contributed by atoms with Crippen LogP contribution in [-0.2, 0) is 17.8 Å². The highest BCUT2D eigenvalue weighted by molar-refractivity contribution is 5.95. The predicted octanol–water partition coefficient (Wildman–Crippen LogP) is 3.35. The molecule has 0 radical (unpaired) electrons. The molecule has 2 aromatic rings. The van der Waals surface area contributed by atoms with E-state index in [0.29, 0.717) is 17.8 Å². The first-order chi connectivity index (χ1) is 15.5. The van der Waals surface area contributed by atoms with Crippen LogP contribution in [0.15, 0.2) is 42.5 Å². The number of ether oxygens (including phenoxy) is 1. The quantitative estimate of drug-likeness (QED) is 0.527. The number of hydrogen-bond donors (Lipinski definition) is 1. The lowest BCUT2D eigenvalue weighted by Crippen LogP contribution is -2.40. The van der Waals surface area contributed by atoms with Crippen LogP contribution < -0.4 is 10.2 Å². The molecule has 0 aliphatic carbocycles. The molecule has 0 aromatic heterocycles. The maximum Gasteiger partial charge on any atom is 0.293 e. The first-order valence-electron chi connectivity index (χ1n) is 11.2. The zero-order chi connectivity index (χ0) is 22.5. The summed E-state index contributed by atoms with van der Waals surface area (Å²) in [7, 11) is 0. The molecule has 2 heterocycles. The van der Waals surface area contributed by atoms with Crippen LogP contribution in [0.25, 0.3) is 0 Å². The summed E-state index contributed by atoms with van der Waals surface area (Å²) in [5.41, 5.74) is 3.07. The Balaban J connectivity index is 1.39. The maximum absolute atomic E-state index is 12.7. The molecule has 1 unspecified atom stereocenters. The third-order valence-corrected chi connectivity index (χ3v) is 6.06. The number of hydrogen-bond acceptors (Lipinski definition) is 6. The van der Waals surface area contributed by atoms with Crippen LogP contribution in [0.2, 0.25) is 0 Å². The van der Waals surface area contributed by atoms with Crippen LogP contribution in [0.1, 0.15) is 41.3 Å². The molecule has 0 bridgehead atoms. The number of carbonyl (C=O) groups excluding carboxylic acids is 1. The summed E-state index contributed by atoms with van der Waals surface area (Å²) in [6, 6.07) is 12.9. The molecule has 0 saturated carbocycles. The van der Waals surface area contributed by atoms with Crippen LogP contribution in [-0.4, -0.2) is 54.6 Å². The number of carbonyl (C=O) groups is 1. The van der Waals surface area contributed by atoms with Gasteiger partial charge in [-0.3, -0.25) is 19.8 Å². The molecule has 8 heteroatoms. The third-order valence-electron chi connectivity index (χ3n) is 6.06. The minimum atomic E-state index is -0.402. The van der Waals surface area contributed by atoms with Crippen LogP contribution in [0.4, 0.5) is 11.4 Å². The van der Waals surface area contributed by atoms with Gasteiger partial charge in [0, 0.05) is 50.9 Å². The fourth-order valence-electron chi connectivity index (χ4n) is 4.45. The van der Waals surface area contributed by atoms with Crippen molar-refractivity contribution in [3.63, 3.8) is 0 Å². The summed E-state index contributed by atoms with van der Waals surface area (Å²) < 4.78 is 5.60. The molecule has 4 rings (SSSR count). The van der Waals surface area contributed by atoms with Crippen molar-refractivity contribution >= 4 is 17.3 Å². The second kappa shape index (κ2) is 10.1. The second-order valence-corrected chi connectivity index (χ2v) is 8.57. The maximum atomic E-state index is 12.7. The number of morpholine rings is 1. The van der Waals surface area contributed by atoms with Gasteiger partial charge in [0.25, 0.3) is 11.6 Å². The van der Waals surface area contributed by atoms with E-state index in [-0.39, 0.29) is 17.7 Å². The van der Waals surface area contributed by atoms with Gasteiger partial charge in [-0.25, -0.2) is 0 Å². The van der Waals surface area contributed by atoms with Gasteiger partial charge in [-0.15, -0.1) is 0 Å². The van der Waals surface area contributed by atoms with Crippen molar-refractivity contribution < 1.29 is 14.5 Å². The zero-order valence-electron chi connectivity index (χ0n) is 18.5. The summed E-state index contributed by atoms with van der Waals surface area (Å²) in [4.78, 5) is 28.3. The summed E-state index contributed by atoms with van der Waals surface area (Å²) in [6.07, 6.45) is 2.30. The van der Waals surface area contributed by atoms with E-state index in [0.717, 1.165) is 57.7 Å². The largest absolute Gasteiger partial charge is 0.376 e. The van der Waals surface area contributed by atoms with E-state index >= 15 is 0 Å². The molecule has 8 nitrogen and oxygen atoms in total. The van der Waals surface area contributed by atoms with Crippen LogP contribution in [0.3, 0.4) is 0 Å². The van der Waals surface area contributed by atoms with E-state index in [9.17, 15) is 14.9 Å². The van der Waals surface area contributed by atoms with Gasteiger partial charge in [-0.05, 0) is 43.0 Å². The minimum Gasteiger partial charge on any atom is -0.376 e. The third kappa shape index (κ3) is 5.44. The van der Waals surface area contributed by atoms with E-state index < -0.39 is 4.92 Å². The lowest BCUT2D eigenvalue weighted by atomic mass is 10.1. The minimum absolute atomic E-state index is 0.0127. The van der Waals surface area contributed by atoms with Crippen LogP contribution in [0, 0.1) is 10.1 Å². The van der Waals surface area contributed by atoms with Crippen molar-refractivity contribution in [1.82, 2.24) is 10.2 Å². The average molecular weight is 439 g/mol. The van der Waals surface area contributed by atoms with E-state index in [1.165, 1.54) is 11.6 Å². The van der Waals surface area contributed by atoms with Gasteiger partial charge in [0.15, 0.2) is 0 Å². The summed E-state index contributed by atoms with van der Waals surface area (Å²) in [5, 5.41) is 14.5. The second-order valence-electron chi connectivity index (χ2n) is 8.57. The first kappa shape index (κ1) is 22.2. The van der Waals surface area contributed by atoms with Crippen molar-refractivity contribution in [2.24, 2.45) is 0 Å². The van der Waals surface area contributed by atoms with Crippen LogP contribution >= 0.6 is 0 Å². The average Bonchev–Trinajstić information content (AvgIpc) is 3.32. The lowest BCUT2D eigenvalue weighted by molar-refractivity contribution is -0.384. The fourth-order valence-corrected chi connectivity index (χ4v) is 4.45. The molecule has 32 heavy (non-hydrogen) atoms. The summed E-state index contributed by atoms with van der Waals surface area (Å²) in [5.74, 6) is -0.312. The van der Waals surface area contributed by atoms with Gasteiger partial charge in [0.1, 0.15) is 5.69 Å². The van der Waals surface area contributed by atoms with Crippen molar-refractivity contribution in [2.45, 2.75) is 39.0 Å². The van der Waals surface area contributed by atoms with Crippen molar-refractivity contribution in [1.29, 1.82) is 0 Å². The number of rotatable bonds is 7. The standard InChI is InChI=1S/C24H30N4O4/c1-18-16-26(11-12-32-18)17-20-6-4-5-19(13-20)15-25-24(29)21-7-8-22(23(14-21)28(30)31)27-9-2-3-10-27/h4-8,13-14,18H,2-3,9-12,15-17H2,1H3,(H,25,29). The molecule has 2 aromatic carbocycles. The highest BCUT2D eigenvalue weighted by Gasteiger charge is 2.24. The molecular formula is C24H30N4O4. The number of nitro benzene ring substituents is 1. The lowest BCUT2D eigenvalue weighted by Gasteiger charge is -2.31. The zero-order valence-corrected chi connectivity index (χ0v) is 18.5. The number of nitrogens with zero attached hydrogens (tertiary/aromatic N) is 3. The monoisotopic (exact) mass is 438 g/mol. The normalized spacial score (nSPS) is 19.2. The van der Waals surface area contributed by atoms with E-state index in [4.69, 9.17) is 4.74 Å². The Kier molecular flexibility index (Phi) is 7.02. The number of benzene rings is 2. The molecule has 2 saturated heterocycles. The Hall–Kier alpha value is -2.97. The van der Waals surface area contributed by atoms with Crippen molar-refractivity contribution in [2.75, 3.05) is 37.7 Å². The van der Waals surface area contributed by atoms with Crippen molar-refractivity contribution in [3.05, 3.63) is 69.3 Å². The summed E-state index contributed by atoms with van der Waals surface area (Å²) in [6.45, 7) is 7.50. The Morgan fingerprint density at radius 2 is 1.94 bits per heavy atom. The van der Waals surface area contributed by atoms with Gasteiger partial charge in [0.2, 0.25) is 0 Å². The summed E-state index contributed by atoms with van der Waals surface area (Å²) >= 11 is 0. The van der Waals surface area contributed by atoms with Crippen LogP contribution in [0.5, 0.6) is 0 Å². The van der Waals surface area contributed by atoms with E-state index in [1.807, 2.05) is 17.0 Å². The molecule has 0 spiro atoms. The van der Waals surface area contributed by atoms with Gasteiger partial charge in [-0.2, -0.15) is 0 Å². The number of amides is 1. The molecule has 2 aliphatic rings. The van der Waals surface area contributed by atoms with Gasteiger partial charge in [0.05, 0.1) is 17.6 Å². The molecule has 1 amide bonds. The van der Waals surface area contributed by atoms with Crippen molar-refractivity contribution in [3.8, 4) is 0 Å². The SMILES string of the molecule is CC1CN(Cc2cccc(CNC(=O)c3ccc(N4CCCC4)c([N+](=O)[O-])c3)c2)CCO1. The molecule has 2 aliphatic heterocycles. The molecule has 2 fully saturated rings. The smallest absolute Gasteiger partial charge is 0.293 e. The number of anilines is 1. The molecule has 1 N–H and O–H groups in total. The predicted molar refractivity (Wildman–Crippen MR) is 123 cm³/mol. The molecule has 1 atom stereocenters. The topological polar surface area (TPSA) is 88.0 Å². The fraction of sp³-hybridized carbons (Fsp3) is 0.458. The highest BCUT2D eigenvalue weighted by atomic mass is 16.6. The number of nitro groups is 1. The van der Waals surface area contributed by atoms with E-state index in [2.05, 4.69) is 29.3 Å². The number of nitrogens with one attached hydrogen (secondary N) is 1. The Bertz CT molecular complexity index is 974. The van der Waals surface area contributed by atoms with Gasteiger partial charge < -0.3 is 15.0 Å². The highest BCUT2D eigenvalue weighted by Crippen LogP contribution is 2.31.